The van der Waals surface area contributed by atoms with Crippen molar-refractivity contribution in [1.29, 1.82) is 5.26 Å². The molecule has 0 heterocycles. The third kappa shape index (κ3) is 5.14. The Morgan fingerprint density at radius 3 is 2.48 bits per heavy atom. The molecule has 1 aromatic rings. The first kappa shape index (κ1) is 17.7. The highest BCUT2D eigenvalue weighted by molar-refractivity contribution is 7.89. The summed E-state index contributed by atoms with van der Waals surface area (Å²) in [4.78, 5) is 0.233. The van der Waals surface area contributed by atoms with Gasteiger partial charge in [0.05, 0.1) is 16.5 Å². The fourth-order valence-corrected chi connectivity index (χ4v) is 3.67. The summed E-state index contributed by atoms with van der Waals surface area (Å²) < 4.78 is 27.7. The molecule has 1 unspecified atom stereocenters. The molecule has 0 spiro atoms. The van der Waals surface area contributed by atoms with E-state index in [2.05, 4.69) is 18.6 Å². The quantitative estimate of drug-likeness (QED) is 0.799. The van der Waals surface area contributed by atoms with E-state index in [1.54, 1.807) is 19.1 Å². The Morgan fingerprint density at radius 2 is 1.95 bits per heavy atom. The van der Waals surface area contributed by atoms with E-state index in [-0.39, 0.29) is 10.9 Å². The molecular weight excluding hydrogens is 284 g/mol. The fraction of sp³-hybridized carbons (Fsp3) is 0.562. The first-order valence-electron chi connectivity index (χ1n) is 7.47. The van der Waals surface area contributed by atoms with E-state index in [0.29, 0.717) is 11.1 Å². The van der Waals surface area contributed by atoms with Crippen molar-refractivity contribution >= 4 is 10.0 Å². The average Bonchev–Trinajstić information content (AvgIpc) is 2.44. The molecule has 0 saturated heterocycles. The zero-order valence-corrected chi connectivity index (χ0v) is 13.8. The van der Waals surface area contributed by atoms with E-state index < -0.39 is 10.0 Å². The number of sulfonamides is 1. The summed E-state index contributed by atoms with van der Waals surface area (Å²) in [6.45, 7) is 5.90. The summed E-state index contributed by atoms with van der Waals surface area (Å²) >= 11 is 0. The van der Waals surface area contributed by atoms with Crippen LogP contribution in [0.2, 0.25) is 0 Å². The predicted molar refractivity (Wildman–Crippen MR) is 84.4 cm³/mol. The van der Waals surface area contributed by atoms with Crippen LogP contribution in [0.1, 0.15) is 57.1 Å². The summed E-state index contributed by atoms with van der Waals surface area (Å²) in [5.74, 6) is 0. The molecule has 1 rings (SSSR count). The average molecular weight is 308 g/mol. The molecule has 1 N–H and O–H groups in total. The molecule has 1 aromatic carbocycles. The number of hydrogen-bond acceptors (Lipinski definition) is 3. The van der Waals surface area contributed by atoms with Crippen LogP contribution < -0.4 is 4.72 Å². The molecule has 5 heteroatoms. The number of nitrogens with one attached hydrogen (secondary N) is 1. The molecule has 0 bridgehead atoms. The minimum atomic E-state index is -3.52. The fourth-order valence-electron chi connectivity index (χ4n) is 2.28. The third-order valence-electron chi connectivity index (χ3n) is 3.49. The number of unbranched alkanes of at least 4 members (excludes halogenated alkanes) is 1. The number of aryl methyl sites for hydroxylation is 1. The van der Waals surface area contributed by atoms with E-state index in [4.69, 9.17) is 5.26 Å². The van der Waals surface area contributed by atoms with Crippen LogP contribution in [-0.4, -0.2) is 14.5 Å². The van der Waals surface area contributed by atoms with E-state index >= 15 is 0 Å². The Morgan fingerprint density at radius 1 is 1.24 bits per heavy atom. The maximum atomic E-state index is 12.4. The van der Waals surface area contributed by atoms with Crippen molar-refractivity contribution < 1.29 is 8.42 Å². The lowest BCUT2D eigenvalue weighted by molar-refractivity contribution is 0.483. The van der Waals surface area contributed by atoms with E-state index in [0.717, 1.165) is 32.1 Å². The topological polar surface area (TPSA) is 70.0 Å². The number of nitrogens with zero attached hydrogens (tertiary/aromatic N) is 1. The highest BCUT2D eigenvalue weighted by atomic mass is 32.2. The van der Waals surface area contributed by atoms with Crippen LogP contribution in [0.3, 0.4) is 0 Å². The largest absolute Gasteiger partial charge is 0.240 e. The van der Waals surface area contributed by atoms with Crippen molar-refractivity contribution in [2.45, 2.75) is 63.8 Å². The maximum absolute atomic E-state index is 12.4. The van der Waals surface area contributed by atoms with Crippen LogP contribution >= 0.6 is 0 Å². The van der Waals surface area contributed by atoms with Gasteiger partial charge in [0.15, 0.2) is 0 Å². The molecule has 0 aliphatic carbocycles. The van der Waals surface area contributed by atoms with Crippen LogP contribution in [0.4, 0.5) is 0 Å². The zero-order valence-electron chi connectivity index (χ0n) is 13.0. The van der Waals surface area contributed by atoms with Gasteiger partial charge < -0.3 is 0 Å². The molecular formula is C16H24N2O2S. The van der Waals surface area contributed by atoms with Gasteiger partial charge in [-0.05, 0) is 43.5 Å². The van der Waals surface area contributed by atoms with Crippen molar-refractivity contribution in [3.05, 3.63) is 29.3 Å². The van der Waals surface area contributed by atoms with Crippen LogP contribution in [-0.2, 0) is 10.0 Å². The van der Waals surface area contributed by atoms with E-state index in [1.807, 2.05) is 6.07 Å². The van der Waals surface area contributed by atoms with Gasteiger partial charge >= 0.3 is 0 Å². The number of rotatable bonds is 8. The molecule has 0 aliphatic heterocycles. The molecule has 21 heavy (non-hydrogen) atoms. The molecule has 4 nitrogen and oxygen atoms in total. The maximum Gasteiger partial charge on any atom is 0.240 e. The van der Waals surface area contributed by atoms with Crippen molar-refractivity contribution in [1.82, 2.24) is 4.72 Å². The molecule has 0 aromatic heterocycles. The Balaban J connectivity index is 2.93. The van der Waals surface area contributed by atoms with E-state index in [9.17, 15) is 8.42 Å². The second-order valence-corrected chi connectivity index (χ2v) is 7.05. The Bertz CT molecular complexity index is 603. The van der Waals surface area contributed by atoms with Crippen molar-refractivity contribution in [2.75, 3.05) is 0 Å². The van der Waals surface area contributed by atoms with Crippen LogP contribution in [0.5, 0.6) is 0 Å². The highest BCUT2D eigenvalue weighted by Crippen LogP contribution is 2.17. The SMILES string of the molecule is CCCCC(CCC)NS(=O)(=O)c1ccc(C#N)c(C)c1. The normalized spacial score (nSPS) is 12.9. The van der Waals surface area contributed by atoms with Gasteiger partial charge in [0, 0.05) is 6.04 Å². The minimum absolute atomic E-state index is 0.0177. The van der Waals surface area contributed by atoms with Gasteiger partial charge in [0.1, 0.15) is 0 Å². The lowest BCUT2D eigenvalue weighted by Crippen LogP contribution is -2.34. The third-order valence-corrected chi connectivity index (χ3v) is 5.01. The second kappa shape index (κ2) is 8.16. The first-order chi connectivity index (χ1) is 9.94. The van der Waals surface area contributed by atoms with Gasteiger partial charge in [-0.1, -0.05) is 33.1 Å². The summed E-state index contributed by atoms with van der Waals surface area (Å²) in [7, 11) is -3.52. The number of benzene rings is 1. The number of hydrogen-bond donors (Lipinski definition) is 1. The van der Waals surface area contributed by atoms with Crippen molar-refractivity contribution in [3.63, 3.8) is 0 Å². The van der Waals surface area contributed by atoms with Crippen molar-refractivity contribution in [2.24, 2.45) is 0 Å². The van der Waals surface area contributed by atoms with Gasteiger partial charge in [0.25, 0.3) is 0 Å². The number of nitriles is 1. The highest BCUT2D eigenvalue weighted by Gasteiger charge is 2.20. The summed E-state index contributed by atoms with van der Waals surface area (Å²) in [5.41, 5.74) is 1.19. The van der Waals surface area contributed by atoms with Gasteiger partial charge in [0.2, 0.25) is 10.0 Å². The molecule has 0 aliphatic rings. The van der Waals surface area contributed by atoms with Crippen LogP contribution in [0.25, 0.3) is 0 Å². The second-order valence-electron chi connectivity index (χ2n) is 5.34. The summed E-state index contributed by atoms with van der Waals surface area (Å²) in [5, 5.41) is 8.91. The molecule has 0 radical (unpaired) electrons. The van der Waals surface area contributed by atoms with Gasteiger partial charge in [-0.3, -0.25) is 0 Å². The predicted octanol–water partition coefficient (Wildman–Crippen LogP) is 3.50. The van der Waals surface area contributed by atoms with Gasteiger partial charge in [-0.25, -0.2) is 13.1 Å². The Kier molecular flexibility index (Phi) is 6.86. The zero-order chi connectivity index (χ0) is 15.9. The molecule has 116 valence electrons. The van der Waals surface area contributed by atoms with Crippen LogP contribution in [0, 0.1) is 18.3 Å². The monoisotopic (exact) mass is 308 g/mol. The molecule has 0 saturated carbocycles. The van der Waals surface area contributed by atoms with Gasteiger partial charge in [-0.15, -0.1) is 0 Å². The standard InChI is InChI=1S/C16H24N2O2S/c1-4-6-8-15(7-5-2)18-21(19,20)16-10-9-14(12-17)13(3)11-16/h9-11,15,18H,4-8H2,1-3H3. The molecule has 0 fully saturated rings. The molecule has 1 atom stereocenters. The first-order valence-corrected chi connectivity index (χ1v) is 8.96. The van der Waals surface area contributed by atoms with Crippen LogP contribution in [0.15, 0.2) is 23.1 Å². The van der Waals surface area contributed by atoms with E-state index in [1.165, 1.54) is 6.07 Å². The molecule has 0 amide bonds. The lowest BCUT2D eigenvalue weighted by Gasteiger charge is -2.18. The van der Waals surface area contributed by atoms with Crippen molar-refractivity contribution in [3.8, 4) is 6.07 Å². The summed E-state index contributed by atoms with van der Waals surface area (Å²) in [6.07, 6.45) is 4.72. The minimum Gasteiger partial charge on any atom is -0.208 e. The lowest BCUT2D eigenvalue weighted by atomic mass is 10.1. The van der Waals surface area contributed by atoms with Gasteiger partial charge in [-0.2, -0.15) is 5.26 Å². The Labute approximate surface area is 128 Å². The summed E-state index contributed by atoms with van der Waals surface area (Å²) in [6, 6.07) is 6.65. The Hall–Kier alpha value is -1.38. The smallest absolute Gasteiger partial charge is 0.208 e.